The number of nitriles is 1. The molecule has 0 aromatic heterocycles. The summed E-state index contributed by atoms with van der Waals surface area (Å²) in [4.78, 5) is 13.6. The van der Waals surface area contributed by atoms with E-state index in [0.29, 0.717) is 35.5 Å². The zero-order chi connectivity index (χ0) is 19.6. The molecule has 27 heavy (non-hydrogen) atoms. The molecule has 1 aliphatic heterocycles. The topological polar surface area (TPSA) is 62.6 Å². The third-order valence-electron chi connectivity index (χ3n) is 4.04. The molecular formula is C21H21FN2O3. The molecule has 1 saturated heterocycles. The quantitative estimate of drug-likeness (QED) is 0.807. The fraction of sp³-hybridized carbons (Fsp3) is 0.333. The summed E-state index contributed by atoms with van der Waals surface area (Å²) in [6.07, 6.45) is -0.551. The van der Waals surface area contributed by atoms with E-state index >= 15 is 0 Å². The molecule has 0 radical (unpaired) electrons. The summed E-state index contributed by atoms with van der Waals surface area (Å²) in [7, 11) is 0. The van der Waals surface area contributed by atoms with Crippen molar-refractivity contribution >= 4 is 6.09 Å². The van der Waals surface area contributed by atoms with Crippen molar-refractivity contribution in [2.24, 2.45) is 0 Å². The Hall–Kier alpha value is -3.07. The van der Waals surface area contributed by atoms with E-state index in [2.05, 4.69) is 6.07 Å². The lowest BCUT2D eigenvalue weighted by Crippen LogP contribution is -2.57. The first-order valence-electron chi connectivity index (χ1n) is 8.70. The highest BCUT2D eigenvalue weighted by molar-refractivity contribution is 5.72. The van der Waals surface area contributed by atoms with E-state index in [4.69, 9.17) is 14.7 Å². The molecule has 0 spiro atoms. The minimum atomic E-state index is -0.541. The second-order valence-electron chi connectivity index (χ2n) is 7.46. The molecular weight excluding hydrogens is 347 g/mol. The van der Waals surface area contributed by atoms with Crippen LogP contribution in [0, 0.1) is 17.1 Å². The molecule has 0 bridgehead atoms. The van der Waals surface area contributed by atoms with Crippen LogP contribution in [0.1, 0.15) is 26.3 Å². The number of ether oxygens (including phenoxy) is 2. The molecule has 2 aromatic rings. The zero-order valence-electron chi connectivity index (χ0n) is 15.5. The number of nitrogens with zero attached hydrogens (tertiary/aromatic N) is 2. The molecule has 0 aliphatic carbocycles. The number of rotatable bonds is 3. The van der Waals surface area contributed by atoms with Gasteiger partial charge in [0.25, 0.3) is 0 Å². The highest BCUT2D eigenvalue weighted by Crippen LogP contribution is 2.33. The van der Waals surface area contributed by atoms with E-state index in [0.717, 1.165) is 0 Å². The number of amides is 1. The van der Waals surface area contributed by atoms with Crippen LogP contribution in [0.5, 0.6) is 5.75 Å². The third kappa shape index (κ3) is 4.56. The molecule has 5 nitrogen and oxygen atoms in total. The molecule has 3 rings (SSSR count). The van der Waals surface area contributed by atoms with Gasteiger partial charge in [0.1, 0.15) is 23.3 Å². The first kappa shape index (κ1) is 18.7. The van der Waals surface area contributed by atoms with Crippen LogP contribution in [-0.4, -0.2) is 35.8 Å². The molecule has 1 fully saturated rings. The van der Waals surface area contributed by atoms with Crippen molar-refractivity contribution in [1.82, 2.24) is 4.90 Å². The summed E-state index contributed by atoms with van der Waals surface area (Å²) >= 11 is 0. The number of likely N-dealkylation sites (tertiary alicyclic amines) is 1. The number of hydrogen-bond donors (Lipinski definition) is 0. The maximum Gasteiger partial charge on any atom is 0.410 e. The molecule has 2 aromatic carbocycles. The Balaban J connectivity index is 1.73. The lowest BCUT2D eigenvalue weighted by molar-refractivity contribution is -0.0220. The molecule has 0 N–H and O–H groups in total. The molecule has 0 unspecified atom stereocenters. The summed E-state index contributed by atoms with van der Waals surface area (Å²) in [6, 6.07) is 13.3. The first-order valence-corrected chi connectivity index (χ1v) is 8.70. The van der Waals surface area contributed by atoms with Gasteiger partial charge in [-0.2, -0.15) is 5.26 Å². The lowest BCUT2D eigenvalue weighted by Gasteiger charge is -2.39. The van der Waals surface area contributed by atoms with Crippen molar-refractivity contribution < 1.29 is 18.7 Å². The monoisotopic (exact) mass is 368 g/mol. The highest BCUT2D eigenvalue weighted by atomic mass is 19.1. The molecule has 0 atom stereocenters. The summed E-state index contributed by atoms with van der Waals surface area (Å²) < 4.78 is 25.0. The van der Waals surface area contributed by atoms with Crippen LogP contribution >= 0.6 is 0 Å². The van der Waals surface area contributed by atoms with E-state index in [9.17, 15) is 9.18 Å². The third-order valence-corrected chi connectivity index (χ3v) is 4.04. The maximum atomic E-state index is 13.6. The minimum Gasteiger partial charge on any atom is -0.486 e. The Kier molecular flexibility index (Phi) is 5.04. The van der Waals surface area contributed by atoms with Crippen molar-refractivity contribution in [3.63, 3.8) is 0 Å². The SMILES string of the molecule is CC(C)(C)OC(=O)N1CC(Oc2ccc(C#N)cc2-c2cccc(F)c2)C1. The standard InChI is InChI=1S/C21H21FN2O3/c1-21(2,3)27-20(25)24-12-17(13-24)26-19-8-7-14(11-23)9-18(19)15-5-4-6-16(22)10-15/h4-10,17H,12-13H2,1-3H3. The van der Waals surface area contributed by atoms with Crippen LogP contribution in [0.2, 0.25) is 0 Å². The normalized spacial score (nSPS) is 14.3. The Morgan fingerprint density at radius 3 is 2.59 bits per heavy atom. The van der Waals surface area contributed by atoms with Crippen LogP contribution in [0.25, 0.3) is 11.1 Å². The van der Waals surface area contributed by atoms with Crippen LogP contribution < -0.4 is 4.74 Å². The Bertz CT molecular complexity index is 893. The van der Waals surface area contributed by atoms with Gasteiger partial charge < -0.3 is 14.4 Å². The molecule has 1 aliphatic rings. The average molecular weight is 368 g/mol. The molecule has 0 saturated carbocycles. The Morgan fingerprint density at radius 1 is 1.22 bits per heavy atom. The Morgan fingerprint density at radius 2 is 1.96 bits per heavy atom. The summed E-state index contributed by atoms with van der Waals surface area (Å²) in [5.74, 6) is 0.189. The Labute approximate surface area is 157 Å². The van der Waals surface area contributed by atoms with Gasteiger partial charge in [-0.3, -0.25) is 0 Å². The van der Waals surface area contributed by atoms with E-state index in [1.165, 1.54) is 12.1 Å². The molecule has 140 valence electrons. The largest absolute Gasteiger partial charge is 0.486 e. The summed E-state index contributed by atoms with van der Waals surface area (Å²) in [5.41, 5.74) is 1.20. The van der Waals surface area contributed by atoms with E-state index in [-0.39, 0.29) is 18.0 Å². The lowest BCUT2D eigenvalue weighted by atomic mass is 10.0. The molecule has 1 amide bonds. The van der Waals surface area contributed by atoms with Crippen LogP contribution in [0.3, 0.4) is 0 Å². The van der Waals surface area contributed by atoms with E-state index in [1.54, 1.807) is 35.2 Å². The van der Waals surface area contributed by atoms with Gasteiger partial charge >= 0.3 is 6.09 Å². The van der Waals surface area contributed by atoms with Crippen molar-refractivity contribution in [3.05, 3.63) is 53.8 Å². The highest BCUT2D eigenvalue weighted by Gasteiger charge is 2.35. The number of carbonyl (C=O) groups is 1. The average Bonchev–Trinajstić information content (AvgIpc) is 2.56. The van der Waals surface area contributed by atoms with Crippen LogP contribution in [0.15, 0.2) is 42.5 Å². The summed E-state index contributed by atoms with van der Waals surface area (Å²) in [6.45, 7) is 6.29. The van der Waals surface area contributed by atoms with Gasteiger partial charge in [0, 0.05) is 5.56 Å². The predicted molar refractivity (Wildman–Crippen MR) is 98.8 cm³/mol. The van der Waals surface area contributed by atoms with Crippen molar-refractivity contribution in [2.75, 3.05) is 13.1 Å². The second kappa shape index (κ2) is 7.28. The number of halogens is 1. The maximum absolute atomic E-state index is 13.6. The summed E-state index contributed by atoms with van der Waals surface area (Å²) in [5, 5.41) is 9.16. The van der Waals surface area contributed by atoms with Crippen LogP contribution in [0.4, 0.5) is 9.18 Å². The number of carbonyl (C=O) groups excluding carboxylic acids is 1. The van der Waals surface area contributed by atoms with E-state index < -0.39 is 5.60 Å². The number of benzene rings is 2. The van der Waals surface area contributed by atoms with Gasteiger partial charge in [0.15, 0.2) is 0 Å². The first-order chi connectivity index (χ1) is 12.7. The van der Waals surface area contributed by atoms with Crippen LogP contribution in [-0.2, 0) is 4.74 Å². The molecule has 6 heteroatoms. The minimum absolute atomic E-state index is 0.183. The van der Waals surface area contributed by atoms with Crippen molar-refractivity contribution in [3.8, 4) is 22.9 Å². The second-order valence-corrected chi connectivity index (χ2v) is 7.46. The van der Waals surface area contributed by atoms with Crippen molar-refractivity contribution in [2.45, 2.75) is 32.5 Å². The fourth-order valence-corrected chi connectivity index (χ4v) is 2.75. The van der Waals surface area contributed by atoms with Gasteiger partial charge in [-0.15, -0.1) is 0 Å². The van der Waals surface area contributed by atoms with Gasteiger partial charge in [-0.25, -0.2) is 9.18 Å². The van der Waals surface area contributed by atoms with Gasteiger partial charge in [0.2, 0.25) is 0 Å². The van der Waals surface area contributed by atoms with Crippen molar-refractivity contribution in [1.29, 1.82) is 5.26 Å². The smallest absolute Gasteiger partial charge is 0.410 e. The van der Waals surface area contributed by atoms with Gasteiger partial charge in [-0.1, -0.05) is 12.1 Å². The number of hydrogen-bond acceptors (Lipinski definition) is 4. The van der Waals surface area contributed by atoms with Gasteiger partial charge in [-0.05, 0) is 56.7 Å². The predicted octanol–water partition coefficient (Wildman–Crippen LogP) is 4.36. The zero-order valence-corrected chi connectivity index (χ0v) is 15.5. The fourth-order valence-electron chi connectivity index (χ4n) is 2.75. The molecule has 1 heterocycles. The van der Waals surface area contributed by atoms with Gasteiger partial charge in [0.05, 0.1) is 24.7 Å². The van der Waals surface area contributed by atoms with E-state index in [1.807, 2.05) is 20.8 Å².